The van der Waals surface area contributed by atoms with Crippen LogP contribution in [-0.2, 0) is 21.5 Å². The molecule has 4 aromatic rings. The number of hydrogen-bond acceptors (Lipinski definition) is 7. The number of hydroxylamine groups is 1. The molecule has 0 aliphatic carbocycles. The number of hydrogen-bond donors (Lipinski definition) is 0. The lowest BCUT2D eigenvalue weighted by molar-refractivity contribution is -0.126. The first-order valence-corrected chi connectivity index (χ1v) is 13.1. The summed E-state index contributed by atoms with van der Waals surface area (Å²) in [6.07, 6.45) is -1.04. The fourth-order valence-corrected chi connectivity index (χ4v) is 5.42. The molecule has 9 nitrogen and oxygen atoms in total. The smallest absolute Gasteiger partial charge is 0.361 e. The number of esters is 1. The normalized spacial score (nSPS) is 20.2. The van der Waals surface area contributed by atoms with E-state index in [0.29, 0.717) is 39.1 Å². The van der Waals surface area contributed by atoms with Gasteiger partial charge in [-0.15, -0.1) is 0 Å². The summed E-state index contributed by atoms with van der Waals surface area (Å²) in [6, 6.07) is 21.6. The van der Waals surface area contributed by atoms with Gasteiger partial charge in [-0.1, -0.05) is 53.5 Å². The Morgan fingerprint density at radius 1 is 0.900 bits per heavy atom. The van der Waals surface area contributed by atoms with Crippen LogP contribution in [0.15, 0.2) is 78.9 Å². The molecule has 3 heterocycles. The van der Waals surface area contributed by atoms with Crippen LogP contribution in [0.5, 0.6) is 5.75 Å². The standard InChI is InChI=1S/C29H22Cl2N4O5/c1-16-14-23(33(2)32-16)29(38)39-20-11-8-17(9-12-20)25-24-26(40-35(25)18-6-4-3-5-7-18)28(37)34(27(24)36)19-10-13-21(30)22(31)15-19/h3-15,24-26H,1-2H3/t24-,25-,26-/m1/s1. The van der Waals surface area contributed by atoms with Gasteiger partial charge in [-0.2, -0.15) is 5.10 Å². The van der Waals surface area contributed by atoms with E-state index in [2.05, 4.69) is 5.10 Å². The summed E-state index contributed by atoms with van der Waals surface area (Å²) in [5.41, 5.74) is 2.73. The summed E-state index contributed by atoms with van der Waals surface area (Å²) in [6.45, 7) is 1.79. The van der Waals surface area contributed by atoms with Crippen molar-refractivity contribution in [2.24, 2.45) is 13.0 Å². The van der Waals surface area contributed by atoms with Crippen molar-refractivity contribution < 1.29 is 24.0 Å². The number of amides is 2. The van der Waals surface area contributed by atoms with Gasteiger partial charge in [-0.05, 0) is 61.0 Å². The fraction of sp³-hybridized carbons (Fsp3) is 0.172. The van der Waals surface area contributed by atoms with Crippen molar-refractivity contribution in [2.45, 2.75) is 19.1 Å². The van der Waals surface area contributed by atoms with E-state index in [-0.39, 0.29) is 5.02 Å². The van der Waals surface area contributed by atoms with E-state index in [1.165, 1.54) is 16.8 Å². The van der Waals surface area contributed by atoms with Crippen molar-refractivity contribution in [1.29, 1.82) is 0 Å². The Kier molecular flexibility index (Phi) is 6.58. The molecule has 0 radical (unpaired) electrons. The molecular formula is C29H22Cl2N4O5. The van der Waals surface area contributed by atoms with Crippen LogP contribution in [-0.4, -0.2) is 33.7 Å². The number of carbonyl (C=O) groups is 3. The van der Waals surface area contributed by atoms with Crippen LogP contribution >= 0.6 is 23.2 Å². The molecule has 0 N–H and O–H groups in total. The maximum Gasteiger partial charge on any atom is 0.361 e. The third kappa shape index (κ3) is 4.42. The van der Waals surface area contributed by atoms with Crippen LogP contribution in [0.4, 0.5) is 11.4 Å². The third-order valence-electron chi connectivity index (χ3n) is 6.93. The van der Waals surface area contributed by atoms with E-state index in [9.17, 15) is 14.4 Å². The van der Waals surface area contributed by atoms with Gasteiger partial charge in [-0.3, -0.25) is 19.1 Å². The monoisotopic (exact) mass is 576 g/mol. The summed E-state index contributed by atoms with van der Waals surface area (Å²) in [7, 11) is 1.67. The molecule has 6 rings (SSSR count). The quantitative estimate of drug-likeness (QED) is 0.180. The number of anilines is 2. The van der Waals surface area contributed by atoms with Crippen LogP contribution < -0.4 is 14.7 Å². The molecule has 0 saturated carbocycles. The highest BCUT2D eigenvalue weighted by Crippen LogP contribution is 2.48. The van der Waals surface area contributed by atoms with Gasteiger partial charge in [0, 0.05) is 7.05 Å². The van der Waals surface area contributed by atoms with Crippen LogP contribution in [0.1, 0.15) is 27.8 Å². The van der Waals surface area contributed by atoms with E-state index in [1.54, 1.807) is 55.4 Å². The number of rotatable bonds is 5. The minimum Gasteiger partial charge on any atom is -0.422 e. The van der Waals surface area contributed by atoms with E-state index in [1.807, 2.05) is 30.3 Å². The number of carbonyl (C=O) groups excluding carboxylic acids is 3. The van der Waals surface area contributed by atoms with Gasteiger partial charge < -0.3 is 4.74 Å². The molecule has 2 aliphatic heterocycles. The number of halogens is 2. The Balaban J connectivity index is 1.33. The molecule has 2 fully saturated rings. The van der Waals surface area contributed by atoms with Gasteiger partial charge in [-0.25, -0.2) is 14.8 Å². The first-order chi connectivity index (χ1) is 19.2. The van der Waals surface area contributed by atoms with Crippen LogP contribution in [0, 0.1) is 12.8 Å². The zero-order valence-electron chi connectivity index (χ0n) is 21.3. The minimum absolute atomic E-state index is 0.228. The maximum atomic E-state index is 13.8. The first-order valence-electron chi connectivity index (χ1n) is 12.4. The van der Waals surface area contributed by atoms with Crippen molar-refractivity contribution in [1.82, 2.24) is 9.78 Å². The Labute approximate surface area is 239 Å². The highest BCUT2D eigenvalue weighted by atomic mass is 35.5. The first kappa shape index (κ1) is 26.1. The van der Waals surface area contributed by atoms with Gasteiger partial charge >= 0.3 is 5.97 Å². The number of fused-ring (bicyclic) bond motifs is 1. The van der Waals surface area contributed by atoms with Gasteiger partial charge in [0.1, 0.15) is 17.4 Å². The highest BCUT2D eigenvalue weighted by molar-refractivity contribution is 6.42. The highest BCUT2D eigenvalue weighted by Gasteiger charge is 2.60. The van der Waals surface area contributed by atoms with Crippen molar-refractivity contribution in [3.05, 3.63) is 106 Å². The summed E-state index contributed by atoms with van der Waals surface area (Å²) in [4.78, 5) is 47.2. The van der Waals surface area contributed by atoms with Crippen LogP contribution in [0.2, 0.25) is 10.0 Å². The van der Waals surface area contributed by atoms with Crippen molar-refractivity contribution in [3.63, 3.8) is 0 Å². The predicted octanol–water partition coefficient (Wildman–Crippen LogP) is 5.31. The number of aromatic nitrogens is 2. The number of imide groups is 1. The van der Waals surface area contributed by atoms with Crippen LogP contribution in [0.25, 0.3) is 0 Å². The zero-order valence-corrected chi connectivity index (χ0v) is 22.8. The number of aryl methyl sites for hydroxylation is 2. The summed E-state index contributed by atoms with van der Waals surface area (Å²) >= 11 is 12.2. The Morgan fingerprint density at radius 3 is 2.27 bits per heavy atom. The summed E-state index contributed by atoms with van der Waals surface area (Å²) in [5.74, 6) is -1.97. The molecule has 40 heavy (non-hydrogen) atoms. The predicted molar refractivity (Wildman–Crippen MR) is 148 cm³/mol. The van der Waals surface area contributed by atoms with E-state index < -0.39 is 35.8 Å². The minimum atomic E-state index is -1.04. The van der Waals surface area contributed by atoms with Gasteiger partial charge in [0.15, 0.2) is 6.10 Å². The summed E-state index contributed by atoms with van der Waals surface area (Å²) in [5, 5.41) is 6.31. The molecule has 3 aromatic carbocycles. The molecule has 2 saturated heterocycles. The number of ether oxygens (including phenoxy) is 1. The molecule has 11 heteroatoms. The molecule has 2 aliphatic rings. The van der Waals surface area contributed by atoms with Gasteiger partial charge in [0.05, 0.1) is 33.2 Å². The Hall–Kier alpha value is -4.18. The molecule has 1 aromatic heterocycles. The topological polar surface area (TPSA) is 94.0 Å². The third-order valence-corrected chi connectivity index (χ3v) is 7.67. The number of nitrogens with zero attached hydrogens (tertiary/aromatic N) is 4. The van der Waals surface area contributed by atoms with E-state index >= 15 is 0 Å². The second-order valence-electron chi connectivity index (χ2n) is 9.52. The second-order valence-corrected chi connectivity index (χ2v) is 10.3. The van der Waals surface area contributed by atoms with Crippen molar-refractivity contribution in [3.8, 4) is 5.75 Å². The summed E-state index contributed by atoms with van der Waals surface area (Å²) < 4.78 is 7.01. The average Bonchev–Trinajstić information content (AvgIpc) is 3.58. The Bertz CT molecular complexity index is 1640. The van der Waals surface area contributed by atoms with Crippen molar-refractivity contribution >= 4 is 52.4 Å². The molecule has 202 valence electrons. The lowest BCUT2D eigenvalue weighted by Gasteiger charge is -2.29. The lowest BCUT2D eigenvalue weighted by Crippen LogP contribution is -2.37. The average molecular weight is 577 g/mol. The molecular weight excluding hydrogens is 555 g/mol. The lowest BCUT2D eigenvalue weighted by atomic mass is 9.90. The largest absolute Gasteiger partial charge is 0.422 e. The molecule has 0 bridgehead atoms. The molecule has 3 atom stereocenters. The fourth-order valence-electron chi connectivity index (χ4n) is 5.12. The SMILES string of the molecule is Cc1cc(C(=O)Oc2ccc([C@@H]3[C@H]4C(=O)N(c5ccc(Cl)c(Cl)c5)C(=O)[C@@H]4ON3c3ccccc3)cc2)n(C)n1. The van der Waals surface area contributed by atoms with E-state index in [0.717, 1.165) is 4.90 Å². The van der Waals surface area contributed by atoms with Gasteiger partial charge in [0.2, 0.25) is 5.91 Å². The van der Waals surface area contributed by atoms with Gasteiger partial charge in [0.25, 0.3) is 5.91 Å². The van der Waals surface area contributed by atoms with Crippen molar-refractivity contribution in [2.75, 3.05) is 9.96 Å². The molecule has 2 amide bonds. The zero-order chi connectivity index (χ0) is 28.1. The van der Waals surface area contributed by atoms with E-state index in [4.69, 9.17) is 32.8 Å². The number of para-hydroxylation sites is 1. The second kappa shape index (κ2) is 10.1. The maximum absolute atomic E-state index is 13.8. The molecule has 0 unspecified atom stereocenters. The number of benzene rings is 3. The van der Waals surface area contributed by atoms with Crippen LogP contribution in [0.3, 0.4) is 0 Å². The Morgan fingerprint density at radius 2 is 1.62 bits per heavy atom. The molecule has 0 spiro atoms.